The number of ether oxygens (including phenoxy) is 1. The summed E-state index contributed by atoms with van der Waals surface area (Å²) in [5.74, 6) is 1.02. The highest BCUT2D eigenvalue weighted by atomic mass is 32.2. The van der Waals surface area contributed by atoms with Crippen LogP contribution in [0.5, 0.6) is 5.88 Å². The first-order valence-electron chi connectivity index (χ1n) is 6.20. The van der Waals surface area contributed by atoms with E-state index in [-0.39, 0.29) is 0 Å². The van der Waals surface area contributed by atoms with Gasteiger partial charge >= 0.3 is 0 Å². The van der Waals surface area contributed by atoms with Crippen LogP contribution in [0.25, 0.3) is 0 Å². The van der Waals surface area contributed by atoms with E-state index in [2.05, 4.69) is 14.7 Å². The maximum Gasteiger partial charge on any atom is 0.228 e. The van der Waals surface area contributed by atoms with Gasteiger partial charge in [0.05, 0.1) is 11.9 Å². The van der Waals surface area contributed by atoms with Crippen molar-refractivity contribution in [1.29, 1.82) is 0 Å². The van der Waals surface area contributed by atoms with E-state index >= 15 is 0 Å². The third kappa shape index (κ3) is 3.13. The van der Waals surface area contributed by atoms with Gasteiger partial charge in [0.25, 0.3) is 0 Å². The molecule has 1 aromatic rings. The molecule has 1 saturated heterocycles. The SMILES string of the molecule is CCOc1ccnc(N2CCC(S(=O)(=O)NC)C2)n1. The van der Waals surface area contributed by atoms with Gasteiger partial charge in [-0.3, -0.25) is 0 Å². The Balaban J connectivity index is 2.10. The lowest BCUT2D eigenvalue weighted by Gasteiger charge is -2.16. The van der Waals surface area contributed by atoms with Crippen LogP contribution in [-0.4, -0.2) is 50.4 Å². The molecule has 0 radical (unpaired) electrons. The number of hydrogen-bond donors (Lipinski definition) is 1. The predicted molar refractivity (Wildman–Crippen MR) is 71.8 cm³/mol. The third-order valence-electron chi connectivity index (χ3n) is 3.06. The molecule has 1 aromatic heterocycles. The molecule has 1 N–H and O–H groups in total. The van der Waals surface area contributed by atoms with Crippen molar-refractivity contribution in [3.63, 3.8) is 0 Å². The summed E-state index contributed by atoms with van der Waals surface area (Å²) in [6.07, 6.45) is 2.19. The molecule has 0 saturated carbocycles. The van der Waals surface area contributed by atoms with E-state index < -0.39 is 15.3 Å². The molecule has 8 heteroatoms. The van der Waals surface area contributed by atoms with Crippen molar-refractivity contribution in [2.75, 3.05) is 31.6 Å². The fraction of sp³-hybridized carbons (Fsp3) is 0.636. The Bertz CT molecular complexity index is 534. The standard InChI is InChI=1S/C11H18N4O3S/c1-3-18-10-4-6-13-11(14-10)15-7-5-9(8-15)19(16,17)12-2/h4,6,9,12H,3,5,7-8H2,1-2H3. The number of nitrogens with one attached hydrogen (secondary N) is 1. The molecule has 1 atom stereocenters. The van der Waals surface area contributed by atoms with Crippen LogP contribution < -0.4 is 14.4 Å². The lowest BCUT2D eigenvalue weighted by molar-refractivity contribution is 0.326. The molecule has 0 bridgehead atoms. The highest BCUT2D eigenvalue weighted by Crippen LogP contribution is 2.21. The molecule has 1 aliphatic heterocycles. The Morgan fingerprint density at radius 1 is 1.58 bits per heavy atom. The Kier molecular flexibility index (Phi) is 4.20. The molecule has 7 nitrogen and oxygen atoms in total. The minimum absolute atomic E-state index is 0.402. The maximum atomic E-state index is 11.7. The number of hydrogen-bond acceptors (Lipinski definition) is 6. The van der Waals surface area contributed by atoms with Gasteiger partial charge in [-0.25, -0.2) is 18.1 Å². The lowest BCUT2D eigenvalue weighted by atomic mass is 10.4. The summed E-state index contributed by atoms with van der Waals surface area (Å²) >= 11 is 0. The molecule has 2 heterocycles. The number of nitrogens with zero attached hydrogens (tertiary/aromatic N) is 3. The predicted octanol–water partition coefficient (Wildman–Crippen LogP) is 0.00320. The zero-order chi connectivity index (χ0) is 13.9. The fourth-order valence-electron chi connectivity index (χ4n) is 2.04. The summed E-state index contributed by atoms with van der Waals surface area (Å²) in [5, 5.41) is -0.420. The monoisotopic (exact) mass is 286 g/mol. The zero-order valence-corrected chi connectivity index (χ0v) is 11.9. The summed E-state index contributed by atoms with van der Waals surface area (Å²) in [6.45, 7) is 3.44. The van der Waals surface area contributed by atoms with Gasteiger partial charge in [-0.15, -0.1) is 0 Å². The van der Waals surface area contributed by atoms with E-state index in [0.717, 1.165) is 0 Å². The van der Waals surface area contributed by atoms with Crippen LogP contribution >= 0.6 is 0 Å². The van der Waals surface area contributed by atoms with Gasteiger partial charge < -0.3 is 9.64 Å². The van der Waals surface area contributed by atoms with Gasteiger partial charge in [0.2, 0.25) is 21.9 Å². The Morgan fingerprint density at radius 3 is 3.05 bits per heavy atom. The lowest BCUT2D eigenvalue weighted by Crippen LogP contribution is -2.34. The van der Waals surface area contributed by atoms with Crippen molar-refractivity contribution in [1.82, 2.24) is 14.7 Å². The van der Waals surface area contributed by atoms with E-state index in [1.807, 2.05) is 11.8 Å². The molecule has 0 aromatic carbocycles. The normalized spacial score (nSPS) is 19.7. The van der Waals surface area contributed by atoms with Crippen molar-refractivity contribution >= 4 is 16.0 Å². The first-order chi connectivity index (χ1) is 9.06. The zero-order valence-electron chi connectivity index (χ0n) is 11.0. The van der Waals surface area contributed by atoms with Gasteiger partial charge in [0, 0.05) is 25.4 Å². The fourth-order valence-corrected chi connectivity index (χ4v) is 3.17. The summed E-state index contributed by atoms with van der Waals surface area (Å²) in [7, 11) is -1.80. The van der Waals surface area contributed by atoms with Crippen molar-refractivity contribution in [3.8, 4) is 5.88 Å². The minimum atomic E-state index is -3.24. The van der Waals surface area contributed by atoms with Crippen LogP contribution in [0.1, 0.15) is 13.3 Å². The summed E-state index contributed by atoms with van der Waals surface area (Å²) in [6, 6.07) is 1.69. The summed E-state index contributed by atoms with van der Waals surface area (Å²) in [5.41, 5.74) is 0. The van der Waals surface area contributed by atoms with E-state index in [9.17, 15) is 8.42 Å². The first-order valence-corrected chi connectivity index (χ1v) is 7.74. The molecular formula is C11H18N4O3S. The Hall–Kier alpha value is -1.41. The first kappa shape index (κ1) is 14.0. The molecule has 0 amide bonds. The van der Waals surface area contributed by atoms with Gasteiger partial charge in [0.1, 0.15) is 0 Å². The maximum absolute atomic E-state index is 11.7. The average molecular weight is 286 g/mol. The largest absolute Gasteiger partial charge is 0.478 e. The molecule has 1 fully saturated rings. The second-order valence-electron chi connectivity index (χ2n) is 4.23. The molecule has 106 valence electrons. The molecule has 0 aliphatic carbocycles. The number of sulfonamides is 1. The molecule has 19 heavy (non-hydrogen) atoms. The third-order valence-corrected chi connectivity index (χ3v) is 4.89. The smallest absolute Gasteiger partial charge is 0.228 e. The second kappa shape index (κ2) is 5.70. The Labute approximate surface area is 113 Å². The van der Waals surface area contributed by atoms with Crippen molar-refractivity contribution in [3.05, 3.63) is 12.3 Å². The van der Waals surface area contributed by atoms with Gasteiger partial charge in [0.15, 0.2) is 0 Å². The van der Waals surface area contributed by atoms with Gasteiger partial charge in [-0.05, 0) is 20.4 Å². The summed E-state index contributed by atoms with van der Waals surface area (Å²) in [4.78, 5) is 10.3. The van der Waals surface area contributed by atoms with E-state index in [4.69, 9.17) is 4.74 Å². The van der Waals surface area contributed by atoms with Crippen molar-refractivity contribution in [2.45, 2.75) is 18.6 Å². The Morgan fingerprint density at radius 2 is 2.37 bits per heavy atom. The van der Waals surface area contributed by atoms with Crippen molar-refractivity contribution < 1.29 is 13.2 Å². The van der Waals surface area contributed by atoms with E-state index in [0.29, 0.717) is 37.9 Å². The van der Waals surface area contributed by atoms with Crippen LogP contribution in [0.4, 0.5) is 5.95 Å². The highest BCUT2D eigenvalue weighted by molar-refractivity contribution is 7.90. The highest BCUT2D eigenvalue weighted by Gasteiger charge is 2.33. The number of rotatable bonds is 5. The van der Waals surface area contributed by atoms with E-state index in [1.54, 1.807) is 12.3 Å². The number of aromatic nitrogens is 2. The molecule has 1 unspecified atom stereocenters. The van der Waals surface area contributed by atoms with Crippen LogP contribution in [0.2, 0.25) is 0 Å². The van der Waals surface area contributed by atoms with Gasteiger partial charge in [-0.2, -0.15) is 4.98 Å². The number of anilines is 1. The van der Waals surface area contributed by atoms with E-state index in [1.165, 1.54) is 7.05 Å². The molecule has 0 spiro atoms. The molecule has 1 aliphatic rings. The second-order valence-corrected chi connectivity index (χ2v) is 6.40. The minimum Gasteiger partial charge on any atom is -0.478 e. The molecular weight excluding hydrogens is 268 g/mol. The topological polar surface area (TPSA) is 84.4 Å². The van der Waals surface area contributed by atoms with Crippen molar-refractivity contribution in [2.24, 2.45) is 0 Å². The van der Waals surface area contributed by atoms with Crippen LogP contribution in [0, 0.1) is 0 Å². The summed E-state index contributed by atoms with van der Waals surface area (Å²) < 4.78 is 31.2. The van der Waals surface area contributed by atoms with Crippen LogP contribution in [-0.2, 0) is 10.0 Å². The molecule has 2 rings (SSSR count). The van der Waals surface area contributed by atoms with Crippen LogP contribution in [0.15, 0.2) is 12.3 Å². The quantitative estimate of drug-likeness (QED) is 0.820. The average Bonchev–Trinajstić information content (AvgIpc) is 2.90. The van der Waals surface area contributed by atoms with Crippen LogP contribution in [0.3, 0.4) is 0 Å². The van der Waals surface area contributed by atoms with Gasteiger partial charge in [-0.1, -0.05) is 0 Å².